The van der Waals surface area contributed by atoms with Crippen molar-refractivity contribution >= 4 is 27.1 Å². The van der Waals surface area contributed by atoms with E-state index in [1.165, 1.54) is 41.3 Å². The molecule has 3 aromatic carbocycles. The molecule has 0 aliphatic carbocycles. The van der Waals surface area contributed by atoms with Crippen LogP contribution in [0.1, 0.15) is 11.6 Å². The van der Waals surface area contributed by atoms with Gasteiger partial charge in [0, 0.05) is 25.5 Å². The Labute approximate surface area is 185 Å². The molecule has 0 aromatic heterocycles. The predicted octanol–water partition coefficient (Wildman–Crippen LogP) is 4.22. The summed E-state index contributed by atoms with van der Waals surface area (Å²) in [7, 11) is -0.469. The van der Waals surface area contributed by atoms with E-state index in [0.717, 1.165) is 5.69 Å². The standard InChI is InChI=1S/C24H21FN2O4S/c1-26(2)18-12-8-16(9-13-18)21-23(32(30,31)20-6-4-3-5-7-20)22(28)24(29)27(21)19-14-10-17(25)11-15-19/h3-15,21,28H,1-2H3. The van der Waals surface area contributed by atoms with Crippen LogP contribution in [0.15, 0.2) is 94.4 Å². The van der Waals surface area contributed by atoms with Crippen molar-refractivity contribution in [3.05, 3.63) is 101 Å². The molecule has 0 saturated carbocycles. The highest BCUT2D eigenvalue weighted by atomic mass is 32.2. The third-order valence-corrected chi connectivity index (χ3v) is 7.22. The maximum Gasteiger partial charge on any atom is 0.295 e. The highest BCUT2D eigenvalue weighted by Crippen LogP contribution is 2.45. The first kappa shape index (κ1) is 21.6. The zero-order chi connectivity index (χ0) is 23.0. The lowest BCUT2D eigenvalue weighted by Gasteiger charge is -2.27. The van der Waals surface area contributed by atoms with Crippen LogP contribution in [0, 0.1) is 5.82 Å². The molecule has 1 aliphatic heterocycles. The fourth-order valence-electron chi connectivity index (χ4n) is 3.71. The number of hydrogen-bond acceptors (Lipinski definition) is 5. The fourth-order valence-corrected chi connectivity index (χ4v) is 5.35. The van der Waals surface area contributed by atoms with Gasteiger partial charge in [-0.15, -0.1) is 0 Å². The Morgan fingerprint density at radius 1 is 0.906 bits per heavy atom. The monoisotopic (exact) mass is 452 g/mol. The average molecular weight is 453 g/mol. The molecule has 0 radical (unpaired) electrons. The smallest absolute Gasteiger partial charge is 0.295 e. The lowest BCUT2D eigenvalue weighted by atomic mass is 10.1. The maximum absolute atomic E-state index is 13.5. The zero-order valence-corrected chi connectivity index (χ0v) is 18.3. The van der Waals surface area contributed by atoms with Gasteiger partial charge < -0.3 is 10.0 Å². The number of carbonyl (C=O) groups excluding carboxylic acids is 1. The summed E-state index contributed by atoms with van der Waals surface area (Å²) in [5.41, 5.74) is 1.64. The van der Waals surface area contributed by atoms with Gasteiger partial charge in [0.2, 0.25) is 9.84 Å². The van der Waals surface area contributed by atoms with Crippen LogP contribution in [0.25, 0.3) is 0 Å². The summed E-state index contributed by atoms with van der Waals surface area (Å²) >= 11 is 0. The van der Waals surface area contributed by atoms with E-state index in [1.54, 1.807) is 42.5 Å². The van der Waals surface area contributed by atoms with E-state index in [2.05, 4.69) is 0 Å². The molecule has 1 unspecified atom stereocenters. The zero-order valence-electron chi connectivity index (χ0n) is 17.4. The van der Waals surface area contributed by atoms with Crippen molar-refractivity contribution < 1.29 is 22.7 Å². The molecule has 8 heteroatoms. The van der Waals surface area contributed by atoms with Crippen molar-refractivity contribution in [1.29, 1.82) is 0 Å². The summed E-state index contributed by atoms with van der Waals surface area (Å²) in [6.07, 6.45) is 0. The second-order valence-electron chi connectivity index (χ2n) is 7.57. The van der Waals surface area contributed by atoms with Gasteiger partial charge in [0.1, 0.15) is 16.8 Å². The van der Waals surface area contributed by atoms with Crippen LogP contribution in [0.2, 0.25) is 0 Å². The van der Waals surface area contributed by atoms with E-state index in [1.807, 2.05) is 19.0 Å². The van der Waals surface area contributed by atoms with Crippen molar-refractivity contribution in [3.63, 3.8) is 0 Å². The highest BCUT2D eigenvalue weighted by molar-refractivity contribution is 7.95. The van der Waals surface area contributed by atoms with E-state index in [0.29, 0.717) is 5.56 Å². The predicted molar refractivity (Wildman–Crippen MR) is 121 cm³/mol. The normalized spacial score (nSPS) is 16.5. The first-order chi connectivity index (χ1) is 15.2. The fraction of sp³-hybridized carbons (Fsp3) is 0.125. The second kappa shape index (κ2) is 8.12. The van der Waals surface area contributed by atoms with Crippen molar-refractivity contribution in [2.75, 3.05) is 23.9 Å². The number of nitrogens with zero attached hydrogens (tertiary/aromatic N) is 2. The van der Waals surface area contributed by atoms with Gasteiger partial charge in [0.25, 0.3) is 5.91 Å². The van der Waals surface area contributed by atoms with Gasteiger partial charge in [-0.25, -0.2) is 12.8 Å². The van der Waals surface area contributed by atoms with E-state index in [9.17, 15) is 22.7 Å². The van der Waals surface area contributed by atoms with Crippen LogP contribution in [-0.4, -0.2) is 33.5 Å². The molecule has 0 fully saturated rings. The van der Waals surface area contributed by atoms with Gasteiger partial charge in [0.05, 0.1) is 4.90 Å². The van der Waals surface area contributed by atoms with Gasteiger partial charge in [-0.05, 0) is 54.1 Å². The number of aliphatic hydroxyl groups is 1. The summed E-state index contributed by atoms with van der Waals surface area (Å²) in [4.78, 5) is 15.7. The lowest BCUT2D eigenvalue weighted by molar-refractivity contribution is -0.117. The molecule has 164 valence electrons. The lowest BCUT2D eigenvalue weighted by Crippen LogP contribution is -2.31. The molecule has 0 saturated heterocycles. The van der Waals surface area contributed by atoms with Gasteiger partial charge >= 0.3 is 0 Å². The number of anilines is 2. The molecule has 1 atom stereocenters. The van der Waals surface area contributed by atoms with Crippen LogP contribution in [0.5, 0.6) is 0 Å². The Hall–Kier alpha value is -3.65. The molecule has 1 aliphatic rings. The van der Waals surface area contributed by atoms with Gasteiger partial charge in [0.15, 0.2) is 5.76 Å². The number of benzene rings is 3. The van der Waals surface area contributed by atoms with Crippen LogP contribution in [0.4, 0.5) is 15.8 Å². The Bertz CT molecular complexity index is 1290. The van der Waals surface area contributed by atoms with Crippen LogP contribution in [0.3, 0.4) is 0 Å². The molecule has 4 rings (SSSR count). The Morgan fingerprint density at radius 2 is 1.50 bits per heavy atom. The molecule has 0 spiro atoms. The molecular weight excluding hydrogens is 431 g/mol. The van der Waals surface area contributed by atoms with Crippen LogP contribution >= 0.6 is 0 Å². The minimum absolute atomic E-state index is 0.0368. The molecule has 0 bridgehead atoms. The molecule has 3 aromatic rings. The number of aliphatic hydroxyl groups excluding tert-OH is 1. The van der Waals surface area contributed by atoms with E-state index < -0.39 is 38.3 Å². The second-order valence-corrected chi connectivity index (χ2v) is 9.49. The molecule has 1 amide bonds. The number of carbonyl (C=O) groups is 1. The topological polar surface area (TPSA) is 77.9 Å². The quantitative estimate of drug-likeness (QED) is 0.627. The van der Waals surface area contributed by atoms with Crippen molar-refractivity contribution in [2.24, 2.45) is 0 Å². The highest BCUT2D eigenvalue weighted by Gasteiger charge is 2.47. The first-order valence-electron chi connectivity index (χ1n) is 9.81. The summed E-state index contributed by atoms with van der Waals surface area (Å²) in [5.74, 6) is -2.21. The first-order valence-corrected chi connectivity index (χ1v) is 11.3. The Balaban J connectivity index is 1.92. The number of hydrogen-bond donors (Lipinski definition) is 1. The Morgan fingerprint density at radius 3 is 2.06 bits per heavy atom. The average Bonchev–Trinajstić information content (AvgIpc) is 3.06. The molecule has 1 heterocycles. The minimum Gasteiger partial charge on any atom is -0.502 e. The molecular formula is C24H21FN2O4S. The number of halogens is 1. The molecule has 1 N–H and O–H groups in total. The SMILES string of the molecule is CN(C)c1ccc(C2C(S(=O)(=O)c3ccccc3)=C(O)C(=O)N2c2ccc(F)cc2)cc1. The number of rotatable bonds is 5. The van der Waals surface area contributed by atoms with Crippen molar-refractivity contribution in [2.45, 2.75) is 10.9 Å². The van der Waals surface area contributed by atoms with E-state index in [4.69, 9.17) is 0 Å². The van der Waals surface area contributed by atoms with E-state index in [-0.39, 0.29) is 10.6 Å². The summed E-state index contributed by atoms with van der Waals surface area (Å²) < 4.78 is 40.5. The maximum atomic E-state index is 13.5. The largest absolute Gasteiger partial charge is 0.502 e. The van der Waals surface area contributed by atoms with E-state index >= 15 is 0 Å². The van der Waals surface area contributed by atoms with Crippen molar-refractivity contribution in [1.82, 2.24) is 0 Å². The Kier molecular flexibility index (Phi) is 5.48. The summed E-state index contributed by atoms with van der Waals surface area (Å²) in [6, 6.07) is 18.6. The minimum atomic E-state index is -4.21. The number of sulfone groups is 1. The molecule has 32 heavy (non-hydrogen) atoms. The van der Waals surface area contributed by atoms with Gasteiger partial charge in [-0.3, -0.25) is 9.69 Å². The summed E-state index contributed by atoms with van der Waals surface area (Å²) in [6.45, 7) is 0. The van der Waals surface area contributed by atoms with Crippen molar-refractivity contribution in [3.8, 4) is 0 Å². The third-order valence-electron chi connectivity index (χ3n) is 5.33. The summed E-state index contributed by atoms with van der Waals surface area (Å²) in [5, 5.41) is 10.7. The molecule has 6 nitrogen and oxygen atoms in total. The van der Waals surface area contributed by atoms with Crippen LogP contribution < -0.4 is 9.80 Å². The number of amides is 1. The van der Waals surface area contributed by atoms with Gasteiger partial charge in [-0.1, -0.05) is 30.3 Å². The van der Waals surface area contributed by atoms with Gasteiger partial charge in [-0.2, -0.15) is 0 Å². The van der Waals surface area contributed by atoms with Crippen LogP contribution in [-0.2, 0) is 14.6 Å². The third kappa shape index (κ3) is 3.62.